The minimum Gasteiger partial charge on any atom is -0.287 e. The molecule has 21 heavy (non-hydrogen) atoms. The second-order valence-corrected chi connectivity index (χ2v) is 6.53. The lowest BCUT2D eigenvalue weighted by molar-refractivity contribution is -0.171. The first-order valence-corrected chi connectivity index (χ1v) is 8.43. The van der Waals surface area contributed by atoms with Crippen LogP contribution in [0.15, 0.2) is 30.5 Å². The van der Waals surface area contributed by atoms with Gasteiger partial charge in [0.05, 0.1) is 5.54 Å². The molecule has 1 aromatic carbocycles. The summed E-state index contributed by atoms with van der Waals surface area (Å²) in [6.07, 6.45) is 7.71. The van der Waals surface area contributed by atoms with Crippen molar-refractivity contribution in [3.8, 4) is 0 Å². The second-order valence-electron chi connectivity index (χ2n) is 6.53. The van der Waals surface area contributed by atoms with Gasteiger partial charge in [0.25, 0.3) is 0 Å². The monoisotopic (exact) mass is 280 g/mol. The maximum Gasteiger partial charge on any atom is 0.0517 e. The fraction of sp³-hybridized carbons (Fsp3) is 0.526. The van der Waals surface area contributed by atoms with Crippen molar-refractivity contribution in [1.82, 2.24) is 9.88 Å². The van der Waals surface area contributed by atoms with Crippen LogP contribution in [0.4, 0.5) is 0 Å². The first-order chi connectivity index (χ1) is 10.3. The molecular formula is C19H24N2. The Hall–Kier alpha value is -1.41. The van der Waals surface area contributed by atoms with E-state index in [-0.39, 0.29) is 0 Å². The molecule has 3 aliphatic rings. The zero-order valence-electron chi connectivity index (χ0n) is 13.3. The summed E-state index contributed by atoms with van der Waals surface area (Å²) in [4.78, 5) is 7.45. The van der Waals surface area contributed by atoms with E-state index in [1.165, 1.54) is 42.0 Å². The quantitative estimate of drug-likeness (QED) is 0.769. The van der Waals surface area contributed by atoms with Crippen molar-refractivity contribution in [2.24, 2.45) is 0 Å². The Morgan fingerprint density at radius 2 is 1.67 bits per heavy atom. The molecule has 2 atom stereocenters. The van der Waals surface area contributed by atoms with Gasteiger partial charge < -0.3 is 0 Å². The lowest BCUT2D eigenvalue weighted by Gasteiger charge is -2.67. The molecule has 3 saturated heterocycles. The number of aromatic nitrogens is 1. The Kier molecular flexibility index (Phi) is 2.87. The molecule has 3 aliphatic heterocycles. The highest BCUT2D eigenvalue weighted by molar-refractivity contribution is 5.88. The molecule has 0 spiro atoms. The Balaban J connectivity index is 0.000000555. The summed E-state index contributed by atoms with van der Waals surface area (Å²) in [5.41, 5.74) is 3.00. The molecule has 4 heterocycles. The lowest BCUT2D eigenvalue weighted by Crippen LogP contribution is -2.72. The number of benzene rings is 1. The zero-order valence-corrected chi connectivity index (χ0v) is 13.3. The number of hydrogen-bond donors (Lipinski definition) is 0. The topological polar surface area (TPSA) is 16.1 Å². The molecule has 0 saturated carbocycles. The van der Waals surface area contributed by atoms with Crippen LogP contribution in [0.3, 0.4) is 0 Å². The van der Waals surface area contributed by atoms with Gasteiger partial charge in [0.15, 0.2) is 0 Å². The number of pyridine rings is 1. The van der Waals surface area contributed by atoms with Crippen LogP contribution in [-0.2, 0) is 5.54 Å². The van der Waals surface area contributed by atoms with Gasteiger partial charge in [0.2, 0.25) is 0 Å². The van der Waals surface area contributed by atoms with E-state index in [9.17, 15) is 0 Å². The number of hydrogen-bond acceptors (Lipinski definition) is 2. The van der Waals surface area contributed by atoms with Crippen LogP contribution in [0.1, 0.15) is 50.8 Å². The first kappa shape index (κ1) is 13.3. The van der Waals surface area contributed by atoms with Gasteiger partial charge in [-0.1, -0.05) is 38.1 Å². The van der Waals surface area contributed by atoms with E-state index in [1.807, 2.05) is 13.8 Å². The van der Waals surface area contributed by atoms with Crippen molar-refractivity contribution in [3.05, 3.63) is 41.7 Å². The van der Waals surface area contributed by atoms with Gasteiger partial charge in [0.1, 0.15) is 0 Å². The van der Waals surface area contributed by atoms with Crippen molar-refractivity contribution in [2.45, 2.75) is 64.1 Å². The van der Waals surface area contributed by atoms with Crippen LogP contribution < -0.4 is 0 Å². The van der Waals surface area contributed by atoms with Crippen LogP contribution in [0.2, 0.25) is 0 Å². The molecule has 2 heteroatoms. The van der Waals surface area contributed by atoms with Crippen molar-refractivity contribution in [2.75, 3.05) is 0 Å². The lowest BCUT2D eigenvalue weighted by atomic mass is 9.64. The standard InChI is InChI=1S/C17H18N2.C2H6/c1-11-14-4-2-3-5-15(14)16(10-18-11)17-8-12-6-7-13(9-17)19(12)17;1-2/h2-5,10,12-13H,6-9H2,1H3;1-2H3. The molecule has 0 radical (unpaired) electrons. The number of rotatable bonds is 1. The van der Waals surface area contributed by atoms with Crippen molar-refractivity contribution >= 4 is 10.8 Å². The largest absolute Gasteiger partial charge is 0.287 e. The molecule has 0 aliphatic carbocycles. The predicted octanol–water partition coefficient (Wildman–Crippen LogP) is 4.41. The Bertz CT molecular complexity index is 677. The van der Waals surface area contributed by atoms with Gasteiger partial charge in [-0.25, -0.2) is 0 Å². The maximum absolute atomic E-state index is 4.67. The maximum atomic E-state index is 4.67. The number of fused-ring (bicyclic) bond motifs is 1. The predicted molar refractivity (Wildman–Crippen MR) is 87.4 cm³/mol. The highest BCUT2D eigenvalue weighted by Gasteiger charge is 2.66. The van der Waals surface area contributed by atoms with Crippen LogP contribution >= 0.6 is 0 Å². The minimum atomic E-state index is 0.353. The SMILES string of the molecule is CC.Cc1ncc(C23CC4CCC(C2)N43)c2ccccc12. The van der Waals surface area contributed by atoms with Gasteiger partial charge in [0, 0.05) is 29.4 Å². The molecule has 2 nitrogen and oxygen atoms in total. The molecule has 0 bridgehead atoms. The third-order valence-electron chi connectivity index (χ3n) is 5.76. The van der Waals surface area contributed by atoms with Crippen LogP contribution in [0.25, 0.3) is 10.8 Å². The molecule has 2 unspecified atom stereocenters. The Morgan fingerprint density at radius 3 is 2.33 bits per heavy atom. The van der Waals surface area contributed by atoms with Crippen molar-refractivity contribution in [1.29, 1.82) is 0 Å². The highest BCUT2D eigenvalue weighted by Crippen LogP contribution is 2.64. The van der Waals surface area contributed by atoms with E-state index in [1.54, 1.807) is 0 Å². The molecule has 110 valence electrons. The van der Waals surface area contributed by atoms with Crippen molar-refractivity contribution in [3.63, 3.8) is 0 Å². The van der Waals surface area contributed by atoms with Gasteiger partial charge in [-0.3, -0.25) is 9.88 Å². The molecular weight excluding hydrogens is 256 g/mol. The van der Waals surface area contributed by atoms with E-state index in [4.69, 9.17) is 0 Å². The Labute approximate surface area is 127 Å². The smallest absolute Gasteiger partial charge is 0.0517 e. The van der Waals surface area contributed by atoms with E-state index >= 15 is 0 Å². The fourth-order valence-electron chi connectivity index (χ4n) is 4.97. The zero-order chi connectivity index (χ0) is 14.6. The third-order valence-corrected chi connectivity index (χ3v) is 5.76. The summed E-state index contributed by atoms with van der Waals surface area (Å²) < 4.78 is 0. The summed E-state index contributed by atoms with van der Waals surface area (Å²) in [6.45, 7) is 6.12. The van der Waals surface area contributed by atoms with Gasteiger partial charge in [-0.2, -0.15) is 0 Å². The molecule has 1 aromatic heterocycles. The van der Waals surface area contributed by atoms with Gasteiger partial charge >= 0.3 is 0 Å². The summed E-state index contributed by atoms with van der Waals surface area (Å²) in [7, 11) is 0. The second kappa shape index (κ2) is 4.54. The van der Waals surface area contributed by atoms with E-state index in [0.717, 1.165) is 17.8 Å². The first-order valence-electron chi connectivity index (χ1n) is 8.43. The number of aryl methyl sites for hydroxylation is 1. The number of piperidine rings is 1. The molecule has 0 amide bonds. The fourth-order valence-corrected chi connectivity index (χ4v) is 4.97. The van der Waals surface area contributed by atoms with Crippen LogP contribution in [0, 0.1) is 6.92 Å². The molecule has 0 N–H and O–H groups in total. The van der Waals surface area contributed by atoms with Gasteiger partial charge in [-0.15, -0.1) is 0 Å². The Morgan fingerprint density at radius 1 is 1.05 bits per heavy atom. The normalized spacial score (nSPS) is 32.7. The minimum absolute atomic E-state index is 0.353. The average Bonchev–Trinajstić information content (AvgIpc) is 2.66. The summed E-state index contributed by atoms with van der Waals surface area (Å²) >= 11 is 0. The highest BCUT2D eigenvalue weighted by atomic mass is 15.4. The van der Waals surface area contributed by atoms with E-state index < -0.39 is 0 Å². The summed E-state index contributed by atoms with van der Waals surface area (Å²) in [5, 5.41) is 2.76. The van der Waals surface area contributed by atoms with Gasteiger partial charge in [-0.05, 0) is 43.6 Å². The van der Waals surface area contributed by atoms with E-state index in [0.29, 0.717) is 5.54 Å². The number of nitrogens with zero attached hydrogens (tertiary/aromatic N) is 2. The molecule has 5 rings (SSSR count). The molecule has 3 fully saturated rings. The summed E-state index contributed by atoms with van der Waals surface area (Å²) in [5.74, 6) is 0. The van der Waals surface area contributed by atoms with Crippen molar-refractivity contribution < 1.29 is 0 Å². The van der Waals surface area contributed by atoms with E-state index in [2.05, 4.69) is 47.3 Å². The average molecular weight is 280 g/mol. The van der Waals surface area contributed by atoms with Crippen LogP contribution in [0.5, 0.6) is 0 Å². The summed E-state index contributed by atoms with van der Waals surface area (Å²) in [6, 6.07) is 10.5. The molecule has 2 aromatic rings. The third kappa shape index (κ3) is 1.54. The van der Waals surface area contributed by atoms with Crippen LogP contribution in [-0.4, -0.2) is 22.0 Å².